The highest BCUT2D eigenvalue weighted by Gasteiger charge is 2.15. The Balaban J connectivity index is 2.33. The average Bonchev–Trinajstić information content (AvgIpc) is 2.44. The van der Waals surface area contributed by atoms with Crippen molar-refractivity contribution in [2.45, 2.75) is 59.0 Å². The second-order valence-corrected chi connectivity index (χ2v) is 5.36. The third kappa shape index (κ3) is 6.60. The standard InChI is InChI=1S/C17H27NO2/c1-4-6-10-15(5-2)13-14(3)20-17(19)18-16-11-8-7-9-12-16/h7-9,11-12,14-15H,4-6,10,13H2,1-3H3,(H,18,19). The Kier molecular flexibility index (Phi) is 7.78. The molecule has 0 aliphatic carbocycles. The highest BCUT2D eigenvalue weighted by Crippen LogP contribution is 2.20. The molecule has 0 radical (unpaired) electrons. The van der Waals surface area contributed by atoms with E-state index in [1.807, 2.05) is 37.3 Å². The quantitative estimate of drug-likeness (QED) is 0.706. The molecule has 0 bridgehead atoms. The second-order valence-electron chi connectivity index (χ2n) is 5.36. The molecule has 0 saturated carbocycles. The van der Waals surface area contributed by atoms with Gasteiger partial charge in [-0.1, -0.05) is 57.7 Å². The molecule has 3 heteroatoms. The van der Waals surface area contributed by atoms with Gasteiger partial charge in [-0.05, 0) is 31.4 Å². The lowest BCUT2D eigenvalue weighted by Crippen LogP contribution is -2.22. The fraction of sp³-hybridized carbons (Fsp3) is 0.588. The predicted molar refractivity (Wildman–Crippen MR) is 83.9 cm³/mol. The molecule has 1 N–H and O–H groups in total. The van der Waals surface area contributed by atoms with Crippen LogP contribution in [0.3, 0.4) is 0 Å². The molecule has 0 spiro atoms. The molecule has 0 aliphatic heterocycles. The van der Waals surface area contributed by atoms with E-state index in [9.17, 15) is 4.79 Å². The van der Waals surface area contributed by atoms with Crippen molar-refractivity contribution in [1.82, 2.24) is 0 Å². The zero-order chi connectivity index (χ0) is 14.8. The molecule has 1 rings (SSSR count). The van der Waals surface area contributed by atoms with E-state index in [1.165, 1.54) is 19.3 Å². The predicted octanol–water partition coefficient (Wildman–Crippen LogP) is 5.23. The minimum atomic E-state index is -0.367. The monoisotopic (exact) mass is 277 g/mol. The molecule has 0 saturated heterocycles. The smallest absolute Gasteiger partial charge is 0.411 e. The molecular weight excluding hydrogens is 250 g/mol. The number of benzene rings is 1. The summed E-state index contributed by atoms with van der Waals surface area (Å²) in [7, 11) is 0. The number of hydrogen-bond acceptors (Lipinski definition) is 2. The van der Waals surface area contributed by atoms with Crippen molar-refractivity contribution >= 4 is 11.8 Å². The second kappa shape index (κ2) is 9.40. The van der Waals surface area contributed by atoms with Gasteiger partial charge in [-0.15, -0.1) is 0 Å². The zero-order valence-electron chi connectivity index (χ0n) is 12.9. The molecule has 3 nitrogen and oxygen atoms in total. The molecule has 1 aromatic carbocycles. The Bertz CT molecular complexity index is 378. The van der Waals surface area contributed by atoms with Crippen LogP contribution in [-0.4, -0.2) is 12.2 Å². The van der Waals surface area contributed by atoms with Crippen LogP contribution in [0.4, 0.5) is 10.5 Å². The number of rotatable bonds is 8. The van der Waals surface area contributed by atoms with Crippen LogP contribution in [0.2, 0.25) is 0 Å². The maximum Gasteiger partial charge on any atom is 0.411 e. The minimum Gasteiger partial charge on any atom is -0.446 e. The minimum absolute atomic E-state index is 0.0412. The number of carbonyl (C=O) groups is 1. The van der Waals surface area contributed by atoms with Crippen LogP contribution in [-0.2, 0) is 4.74 Å². The zero-order valence-corrected chi connectivity index (χ0v) is 12.9. The average molecular weight is 277 g/mol. The van der Waals surface area contributed by atoms with Crippen molar-refractivity contribution in [2.75, 3.05) is 5.32 Å². The van der Waals surface area contributed by atoms with E-state index in [0.717, 1.165) is 18.5 Å². The Hall–Kier alpha value is -1.51. The van der Waals surface area contributed by atoms with Gasteiger partial charge in [-0.3, -0.25) is 5.32 Å². The van der Waals surface area contributed by atoms with E-state index in [2.05, 4.69) is 19.2 Å². The van der Waals surface area contributed by atoms with Crippen LogP contribution in [0.1, 0.15) is 52.9 Å². The number of carbonyl (C=O) groups excluding carboxylic acids is 1. The van der Waals surface area contributed by atoms with E-state index in [4.69, 9.17) is 4.74 Å². The Morgan fingerprint density at radius 1 is 1.25 bits per heavy atom. The maximum absolute atomic E-state index is 11.8. The molecule has 1 aromatic rings. The summed E-state index contributed by atoms with van der Waals surface area (Å²) in [6.07, 6.45) is 5.38. The molecule has 0 aromatic heterocycles. The number of hydrogen-bond donors (Lipinski definition) is 1. The largest absolute Gasteiger partial charge is 0.446 e. The highest BCUT2D eigenvalue weighted by molar-refractivity contribution is 5.84. The van der Waals surface area contributed by atoms with Crippen LogP contribution in [0.5, 0.6) is 0 Å². The first kappa shape index (κ1) is 16.5. The topological polar surface area (TPSA) is 38.3 Å². The molecule has 2 unspecified atom stereocenters. The number of amides is 1. The first-order valence-electron chi connectivity index (χ1n) is 7.68. The van der Waals surface area contributed by atoms with E-state index in [-0.39, 0.29) is 12.2 Å². The Morgan fingerprint density at radius 3 is 2.55 bits per heavy atom. The third-order valence-corrected chi connectivity index (χ3v) is 3.54. The lowest BCUT2D eigenvalue weighted by atomic mass is 9.93. The third-order valence-electron chi connectivity index (χ3n) is 3.54. The van der Waals surface area contributed by atoms with Crippen molar-refractivity contribution < 1.29 is 9.53 Å². The van der Waals surface area contributed by atoms with Gasteiger partial charge in [-0.2, -0.15) is 0 Å². The molecule has 0 heterocycles. The summed E-state index contributed by atoms with van der Waals surface area (Å²) in [5.74, 6) is 0.648. The van der Waals surface area contributed by atoms with E-state index >= 15 is 0 Å². The summed E-state index contributed by atoms with van der Waals surface area (Å²) >= 11 is 0. The number of unbranched alkanes of at least 4 members (excludes halogenated alkanes) is 1. The molecule has 112 valence electrons. The summed E-state index contributed by atoms with van der Waals surface area (Å²) in [6, 6.07) is 9.39. The molecule has 0 aliphatic rings. The lowest BCUT2D eigenvalue weighted by molar-refractivity contribution is 0.102. The van der Waals surface area contributed by atoms with Gasteiger partial charge in [0.2, 0.25) is 0 Å². The van der Waals surface area contributed by atoms with Gasteiger partial charge >= 0.3 is 6.09 Å². The van der Waals surface area contributed by atoms with E-state index in [1.54, 1.807) is 0 Å². The van der Waals surface area contributed by atoms with Gasteiger partial charge in [0.15, 0.2) is 0 Å². The van der Waals surface area contributed by atoms with Crippen LogP contribution >= 0.6 is 0 Å². The van der Waals surface area contributed by atoms with Crippen molar-refractivity contribution in [3.63, 3.8) is 0 Å². The van der Waals surface area contributed by atoms with E-state index < -0.39 is 0 Å². The van der Waals surface area contributed by atoms with Crippen molar-refractivity contribution in [2.24, 2.45) is 5.92 Å². The van der Waals surface area contributed by atoms with Gasteiger partial charge in [0.25, 0.3) is 0 Å². The fourth-order valence-corrected chi connectivity index (χ4v) is 2.35. The summed E-state index contributed by atoms with van der Waals surface area (Å²) in [4.78, 5) is 11.8. The molecule has 1 amide bonds. The van der Waals surface area contributed by atoms with Crippen molar-refractivity contribution in [1.29, 1.82) is 0 Å². The first-order valence-corrected chi connectivity index (χ1v) is 7.68. The lowest BCUT2D eigenvalue weighted by Gasteiger charge is -2.20. The maximum atomic E-state index is 11.8. The van der Waals surface area contributed by atoms with Crippen LogP contribution in [0, 0.1) is 5.92 Å². The van der Waals surface area contributed by atoms with Crippen LogP contribution < -0.4 is 5.32 Å². The summed E-state index contributed by atoms with van der Waals surface area (Å²) in [6.45, 7) is 6.39. The molecule has 0 fully saturated rings. The van der Waals surface area contributed by atoms with Gasteiger partial charge < -0.3 is 4.74 Å². The number of nitrogens with one attached hydrogen (secondary N) is 1. The number of para-hydroxylation sites is 1. The normalized spacial score (nSPS) is 13.6. The highest BCUT2D eigenvalue weighted by atomic mass is 16.6. The van der Waals surface area contributed by atoms with Gasteiger partial charge in [0.05, 0.1) is 0 Å². The Labute approximate surface area is 122 Å². The Morgan fingerprint density at radius 2 is 1.95 bits per heavy atom. The van der Waals surface area contributed by atoms with Gasteiger partial charge in [-0.25, -0.2) is 4.79 Å². The van der Waals surface area contributed by atoms with Crippen LogP contribution in [0.25, 0.3) is 0 Å². The number of anilines is 1. The van der Waals surface area contributed by atoms with E-state index in [0.29, 0.717) is 5.92 Å². The van der Waals surface area contributed by atoms with Gasteiger partial charge in [0.1, 0.15) is 6.10 Å². The van der Waals surface area contributed by atoms with Crippen molar-refractivity contribution in [3.8, 4) is 0 Å². The fourth-order valence-electron chi connectivity index (χ4n) is 2.35. The molecule has 2 atom stereocenters. The summed E-state index contributed by atoms with van der Waals surface area (Å²) in [5, 5.41) is 2.75. The van der Waals surface area contributed by atoms with Crippen LogP contribution in [0.15, 0.2) is 30.3 Å². The molecule has 20 heavy (non-hydrogen) atoms. The summed E-state index contributed by atoms with van der Waals surface area (Å²) in [5.41, 5.74) is 0.766. The summed E-state index contributed by atoms with van der Waals surface area (Å²) < 4.78 is 5.42. The molecular formula is C17H27NO2. The van der Waals surface area contributed by atoms with Crippen molar-refractivity contribution in [3.05, 3.63) is 30.3 Å². The van der Waals surface area contributed by atoms with Gasteiger partial charge in [0, 0.05) is 5.69 Å². The number of ether oxygens (including phenoxy) is 1. The first-order chi connectivity index (χ1) is 9.65. The SMILES string of the molecule is CCCCC(CC)CC(C)OC(=O)Nc1ccccc1.